The number of nitriles is 1. The summed E-state index contributed by atoms with van der Waals surface area (Å²) in [6.45, 7) is 4.45. The maximum absolute atomic E-state index is 8.87. The Morgan fingerprint density at radius 3 is 2.45 bits per heavy atom. The van der Waals surface area contributed by atoms with Crippen molar-refractivity contribution in [1.29, 1.82) is 5.26 Å². The van der Waals surface area contributed by atoms with Crippen LogP contribution in [-0.2, 0) is 0 Å². The van der Waals surface area contributed by atoms with Gasteiger partial charge in [-0.05, 0) is 68.6 Å². The van der Waals surface area contributed by atoms with Gasteiger partial charge < -0.3 is 0 Å². The molecule has 1 nitrogen and oxygen atoms in total. The molecular formula is C21H27N. The molecule has 0 saturated heterocycles. The third kappa shape index (κ3) is 4.88. The largest absolute Gasteiger partial charge is 0.192 e. The zero-order valence-corrected chi connectivity index (χ0v) is 13.9. The maximum atomic E-state index is 8.87. The molecule has 0 radical (unpaired) electrons. The predicted molar refractivity (Wildman–Crippen MR) is 93.7 cm³/mol. The Labute approximate surface area is 135 Å². The van der Waals surface area contributed by atoms with E-state index in [4.69, 9.17) is 5.26 Å². The summed E-state index contributed by atoms with van der Waals surface area (Å²) in [7, 11) is 0. The number of nitrogens with zero attached hydrogens (tertiary/aromatic N) is 1. The molecule has 116 valence electrons. The van der Waals surface area contributed by atoms with E-state index in [1.165, 1.54) is 49.7 Å². The topological polar surface area (TPSA) is 23.8 Å². The van der Waals surface area contributed by atoms with Gasteiger partial charge in [0.25, 0.3) is 0 Å². The molecular weight excluding hydrogens is 266 g/mol. The van der Waals surface area contributed by atoms with Gasteiger partial charge in [-0.3, -0.25) is 0 Å². The van der Waals surface area contributed by atoms with Gasteiger partial charge in [0.1, 0.15) is 0 Å². The highest BCUT2D eigenvalue weighted by Crippen LogP contribution is 2.36. The van der Waals surface area contributed by atoms with Gasteiger partial charge in [0.05, 0.1) is 11.6 Å². The second-order valence-corrected chi connectivity index (χ2v) is 6.49. The van der Waals surface area contributed by atoms with Crippen molar-refractivity contribution < 1.29 is 0 Å². The number of benzene rings is 1. The average Bonchev–Trinajstić information content (AvgIpc) is 2.56. The molecule has 0 heterocycles. The highest BCUT2D eigenvalue weighted by Gasteiger charge is 2.20. The van der Waals surface area contributed by atoms with E-state index in [9.17, 15) is 0 Å². The van der Waals surface area contributed by atoms with Gasteiger partial charge in [0, 0.05) is 0 Å². The molecule has 1 heteroatoms. The fourth-order valence-electron chi connectivity index (χ4n) is 3.33. The normalized spacial score (nSPS) is 22.7. The van der Waals surface area contributed by atoms with Crippen LogP contribution >= 0.6 is 0 Å². The van der Waals surface area contributed by atoms with Crippen LogP contribution in [0, 0.1) is 17.2 Å². The fraction of sp³-hybridized carbons (Fsp3) is 0.476. The minimum atomic E-state index is 0.676. The Balaban J connectivity index is 1.83. The van der Waals surface area contributed by atoms with Gasteiger partial charge in [-0.1, -0.05) is 49.3 Å². The van der Waals surface area contributed by atoms with Gasteiger partial charge in [-0.2, -0.15) is 5.26 Å². The van der Waals surface area contributed by atoms with Crippen LogP contribution in [0.15, 0.2) is 48.1 Å². The number of hydrogen-bond donors (Lipinski definition) is 0. The highest BCUT2D eigenvalue weighted by atomic mass is 14.3. The van der Waals surface area contributed by atoms with E-state index in [2.05, 4.69) is 50.3 Å². The summed E-state index contributed by atoms with van der Waals surface area (Å²) in [5.41, 5.74) is 3.64. The summed E-state index contributed by atoms with van der Waals surface area (Å²) in [6, 6.07) is 10.4. The van der Waals surface area contributed by atoms with Crippen molar-refractivity contribution >= 4 is 0 Å². The van der Waals surface area contributed by atoms with E-state index >= 15 is 0 Å². The minimum absolute atomic E-state index is 0.676. The van der Waals surface area contributed by atoms with Crippen molar-refractivity contribution in [3.05, 3.63) is 59.2 Å². The highest BCUT2D eigenvalue weighted by molar-refractivity contribution is 5.33. The summed E-state index contributed by atoms with van der Waals surface area (Å²) in [5, 5.41) is 8.87. The molecule has 2 rings (SSSR count). The Bertz CT molecular complexity index is 549. The molecule has 1 aliphatic rings. The lowest BCUT2D eigenvalue weighted by Crippen LogP contribution is -2.11. The minimum Gasteiger partial charge on any atom is -0.192 e. The molecule has 1 aromatic carbocycles. The van der Waals surface area contributed by atoms with Crippen LogP contribution in [0.1, 0.15) is 69.4 Å². The average molecular weight is 293 g/mol. The molecule has 0 unspecified atom stereocenters. The standard InChI is InChI=1S/C21H27N/c1-3-5-17(2)6-4-7-18-8-12-20(13-9-18)21-14-10-19(16-22)11-15-21/h4,6-7,10-11,14-15,18,20H,3,5,8-9,12-13H2,1-2H3. The van der Waals surface area contributed by atoms with Crippen molar-refractivity contribution in [3.8, 4) is 6.07 Å². The second kappa shape index (κ2) is 8.59. The Morgan fingerprint density at radius 1 is 1.18 bits per heavy atom. The Kier molecular flexibility index (Phi) is 6.46. The molecule has 1 aromatic rings. The fourth-order valence-corrected chi connectivity index (χ4v) is 3.33. The first-order valence-electron chi connectivity index (χ1n) is 8.57. The Morgan fingerprint density at radius 2 is 1.86 bits per heavy atom. The van der Waals surface area contributed by atoms with E-state index in [1.807, 2.05) is 12.1 Å². The number of rotatable bonds is 5. The molecule has 22 heavy (non-hydrogen) atoms. The van der Waals surface area contributed by atoms with Gasteiger partial charge >= 0.3 is 0 Å². The molecule has 1 saturated carbocycles. The molecule has 0 aromatic heterocycles. The van der Waals surface area contributed by atoms with E-state index in [0.717, 1.165) is 11.5 Å². The zero-order valence-electron chi connectivity index (χ0n) is 13.9. The molecule has 0 bridgehead atoms. The Hall–Kier alpha value is -1.81. The van der Waals surface area contributed by atoms with E-state index in [-0.39, 0.29) is 0 Å². The van der Waals surface area contributed by atoms with Crippen molar-refractivity contribution in [2.75, 3.05) is 0 Å². The quantitative estimate of drug-likeness (QED) is 0.599. The van der Waals surface area contributed by atoms with Gasteiger partial charge in [0.2, 0.25) is 0 Å². The SMILES string of the molecule is CCCC(C)=CC=CC1CCC(c2ccc(C#N)cc2)CC1. The first-order chi connectivity index (χ1) is 10.7. The first-order valence-corrected chi connectivity index (χ1v) is 8.57. The first kappa shape index (κ1) is 16.6. The van der Waals surface area contributed by atoms with Gasteiger partial charge in [-0.25, -0.2) is 0 Å². The monoisotopic (exact) mass is 293 g/mol. The molecule has 1 fully saturated rings. The number of hydrogen-bond acceptors (Lipinski definition) is 1. The molecule has 1 aliphatic carbocycles. The third-order valence-corrected chi connectivity index (χ3v) is 4.69. The predicted octanol–water partition coefficient (Wildman–Crippen LogP) is 6.13. The van der Waals surface area contributed by atoms with Crippen LogP contribution < -0.4 is 0 Å². The number of allylic oxidation sites excluding steroid dienone is 4. The van der Waals surface area contributed by atoms with Crippen molar-refractivity contribution in [1.82, 2.24) is 0 Å². The lowest BCUT2D eigenvalue weighted by atomic mass is 9.78. The van der Waals surface area contributed by atoms with Crippen LogP contribution in [0.25, 0.3) is 0 Å². The van der Waals surface area contributed by atoms with Crippen molar-refractivity contribution in [2.24, 2.45) is 5.92 Å². The molecule has 0 N–H and O–H groups in total. The van der Waals surface area contributed by atoms with E-state index in [1.54, 1.807) is 0 Å². The van der Waals surface area contributed by atoms with E-state index < -0.39 is 0 Å². The lowest BCUT2D eigenvalue weighted by molar-refractivity contribution is 0.376. The van der Waals surface area contributed by atoms with Crippen LogP contribution in [0.2, 0.25) is 0 Å². The smallest absolute Gasteiger partial charge is 0.0991 e. The van der Waals surface area contributed by atoms with Crippen molar-refractivity contribution in [3.63, 3.8) is 0 Å². The molecule has 0 amide bonds. The van der Waals surface area contributed by atoms with Crippen LogP contribution in [0.3, 0.4) is 0 Å². The van der Waals surface area contributed by atoms with Gasteiger partial charge in [-0.15, -0.1) is 0 Å². The summed E-state index contributed by atoms with van der Waals surface area (Å²) in [6.07, 6.45) is 14.4. The molecule has 0 aliphatic heterocycles. The van der Waals surface area contributed by atoms with E-state index in [0.29, 0.717) is 5.92 Å². The van der Waals surface area contributed by atoms with Crippen LogP contribution in [-0.4, -0.2) is 0 Å². The molecule has 0 atom stereocenters. The molecule has 0 spiro atoms. The summed E-state index contributed by atoms with van der Waals surface area (Å²) < 4.78 is 0. The third-order valence-electron chi connectivity index (χ3n) is 4.69. The van der Waals surface area contributed by atoms with Gasteiger partial charge in [0.15, 0.2) is 0 Å². The summed E-state index contributed by atoms with van der Waals surface area (Å²) >= 11 is 0. The second-order valence-electron chi connectivity index (χ2n) is 6.49. The van der Waals surface area contributed by atoms with Crippen LogP contribution in [0.4, 0.5) is 0 Å². The lowest BCUT2D eigenvalue weighted by Gasteiger charge is -2.27. The van der Waals surface area contributed by atoms with Crippen molar-refractivity contribution in [2.45, 2.75) is 58.3 Å². The summed E-state index contributed by atoms with van der Waals surface area (Å²) in [5.74, 6) is 1.41. The van der Waals surface area contributed by atoms with Crippen LogP contribution in [0.5, 0.6) is 0 Å². The maximum Gasteiger partial charge on any atom is 0.0991 e. The summed E-state index contributed by atoms with van der Waals surface area (Å²) in [4.78, 5) is 0. The zero-order chi connectivity index (χ0) is 15.8.